The van der Waals surface area contributed by atoms with Crippen molar-refractivity contribution < 1.29 is 27.2 Å². The Hall–Kier alpha value is -4.79. The highest BCUT2D eigenvalue weighted by Crippen LogP contribution is 2.34. The summed E-state index contributed by atoms with van der Waals surface area (Å²) in [5.41, 5.74) is 0.194. The van der Waals surface area contributed by atoms with Crippen molar-refractivity contribution in [2.24, 2.45) is 0 Å². The number of halogens is 4. The maximum atomic E-state index is 13.8. The van der Waals surface area contributed by atoms with Crippen LogP contribution in [0.1, 0.15) is 37.5 Å². The smallest absolute Gasteiger partial charge is 0.348 e. The minimum absolute atomic E-state index is 0.0637. The van der Waals surface area contributed by atoms with Crippen molar-refractivity contribution >= 4 is 23.1 Å². The molecule has 12 heteroatoms. The lowest BCUT2D eigenvalue weighted by Gasteiger charge is -2.14. The number of benzene rings is 2. The van der Waals surface area contributed by atoms with Gasteiger partial charge in [0.25, 0.3) is 11.8 Å². The third-order valence-electron chi connectivity index (χ3n) is 5.51. The van der Waals surface area contributed by atoms with Gasteiger partial charge in [0, 0.05) is 34.5 Å². The summed E-state index contributed by atoms with van der Waals surface area (Å²) >= 11 is 0. The van der Waals surface area contributed by atoms with E-state index < -0.39 is 34.9 Å². The number of hydrogen-bond acceptors (Lipinski definition) is 5. The third-order valence-corrected chi connectivity index (χ3v) is 5.51. The van der Waals surface area contributed by atoms with Gasteiger partial charge < -0.3 is 10.6 Å². The second-order valence-electron chi connectivity index (χ2n) is 7.65. The molecule has 35 heavy (non-hydrogen) atoms. The summed E-state index contributed by atoms with van der Waals surface area (Å²) in [7, 11) is 0. The van der Waals surface area contributed by atoms with Gasteiger partial charge in [0.15, 0.2) is 11.3 Å². The van der Waals surface area contributed by atoms with E-state index in [9.17, 15) is 32.4 Å². The number of amides is 2. The van der Waals surface area contributed by atoms with E-state index in [2.05, 4.69) is 20.7 Å². The largest absolute Gasteiger partial charge is 0.416 e. The quantitative estimate of drug-likeness (QED) is 0.432. The molecule has 174 valence electrons. The van der Waals surface area contributed by atoms with Crippen LogP contribution < -0.4 is 10.6 Å². The maximum Gasteiger partial charge on any atom is 0.416 e. The molecule has 0 atom stereocenters. The van der Waals surface area contributed by atoms with Crippen molar-refractivity contribution in [3.05, 3.63) is 82.6 Å². The van der Waals surface area contributed by atoms with E-state index in [4.69, 9.17) is 0 Å². The van der Waals surface area contributed by atoms with E-state index in [0.717, 1.165) is 0 Å². The Balaban J connectivity index is 1.61. The number of aromatic nitrogens is 3. The maximum absolute atomic E-state index is 13.8. The Morgan fingerprint density at radius 1 is 1.14 bits per heavy atom. The average molecular weight is 480 g/mol. The molecule has 1 aliphatic heterocycles. The molecular formula is C23H12F4N6O2. The number of carbonyl (C=O) groups excluding carboxylic acids is 2. The van der Waals surface area contributed by atoms with Gasteiger partial charge in [0.2, 0.25) is 0 Å². The highest BCUT2D eigenvalue weighted by Gasteiger charge is 2.32. The number of nitrogens with zero attached hydrogens (tertiary/aromatic N) is 4. The summed E-state index contributed by atoms with van der Waals surface area (Å²) in [6, 6.07) is 9.79. The molecule has 2 amide bonds. The lowest BCUT2D eigenvalue weighted by Crippen LogP contribution is -2.16. The Morgan fingerprint density at radius 3 is 2.69 bits per heavy atom. The molecule has 5 rings (SSSR count). The summed E-state index contributed by atoms with van der Waals surface area (Å²) in [6.45, 7) is 0.0637. The lowest BCUT2D eigenvalue weighted by atomic mass is 9.97. The number of fused-ring (bicyclic) bond motifs is 2. The number of nitriles is 1. The molecule has 0 saturated heterocycles. The standard InChI is InChI=1S/C23H12F4N6O2/c24-14-4-12(3-13(7-14)23(25,26)27)21(34)32-18-6-11(5-16-17(18)9-29-22(16)35)15-1-2-20-30-10-31-33(20)19(15)8-28/h1-7,10H,9H2,(H,29,35)(H,32,34). The van der Waals surface area contributed by atoms with E-state index in [0.29, 0.717) is 40.5 Å². The fraction of sp³-hybridized carbons (Fsp3) is 0.0870. The zero-order chi connectivity index (χ0) is 24.9. The van der Waals surface area contributed by atoms with Gasteiger partial charge in [0.1, 0.15) is 18.2 Å². The predicted octanol–water partition coefficient (Wildman–Crippen LogP) is 3.92. The van der Waals surface area contributed by atoms with Crippen LogP contribution in [0.25, 0.3) is 16.8 Å². The summed E-state index contributed by atoms with van der Waals surface area (Å²) in [4.78, 5) is 29.2. The average Bonchev–Trinajstić information content (AvgIpc) is 3.44. The van der Waals surface area contributed by atoms with Crippen LogP contribution in [0.4, 0.5) is 23.2 Å². The molecule has 0 spiro atoms. The number of nitrogens with one attached hydrogen (secondary N) is 2. The molecular weight excluding hydrogens is 468 g/mol. The topological polar surface area (TPSA) is 112 Å². The summed E-state index contributed by atoms with van der Waals surface area (Å²) in [5, 5.41) is 18.8. The molecule has 0 aliphatic carbocycles. The number of hydrogen-bond donors (Lipinski definition) is 2. The van der Waals surface area contributed by atoms with E-state index in [1.54, 1.807) is 12.1 Å². The first kappa shape index (κ1) is 22.0. The number of anilines is 1. The van der Waals surface area contributed by atoms with Gasteiger partial charge >= 0.3 is 6.18 Å². The first-order valence-corrected chi connectivity index (χ1v) is 10.0. The Labute approximate surface area is 193 Å². The molecule has 0 radical (unpaired) electrons. The number of alkyl halides is 3. The van der Waals surface area contributed by atoms with Crippen LogP contribution in [-0.2, 0) is 12.7 Å². The molecule has 0 saturated carbocycles. The molecule has 4 aromatic rings. The van der Waals surface area contributed by atoms with Gasteiger partial charge in [-0.1, -0.05) is 0 Å². The third kappa shape index (κ3) is 3.82. The van der Waals surface area contributed by atoms with Gasteiger partial charge in [-0.2, -0.15) is 23.5 Å². The number of carbonyl (C=O) groups is 2. The van der Waals surface area contributed by atoms with Crippen molar-refractivity contribution in [2.75, 3.05) is 5.32 Å². The van der Waals surface area contributed by atoms with Crippen molar-refractivity contribution in [3.63, 3.8) is 0 Å². The Kier molecular flexibility index (Phi) is 4.98. The van der Waals surface area contributed by atoms with Crippen molar-refractivity contribution in [1.29, 1.82) is 5.26 Å². The van der Waals surface area contributed by atoms with Crippen LogP contribution in [0.3, 0.4) is 0 Å². The predicted molar refractivity (Wildman–Crippen MR) is 114 cm³/mol. The first-order chi connectivity index (χ1) is 16.7. The molecule has 2 aromatic heterocycles. The second kappa shape index (κ2) is 7.91. The van der Waals surface area contributed by atoms with E-state index in [1.165, 1.54) is 23.0 Å². The van der Waals surface area contributed by atoms with Crippen molar-refractivity contribution in [3.8, 4) is 17.2 Å². The first-order valence-electron chi connectivity index (χ1n) is 10.0. The van der Waals surface area contributed by atoms with Crippen LogP contribution in [0, 0.1) is 17.1 Å². The Morgan fingerprint density at radius 2 is 1.94 bits per heavy atom. The lowest BCUT2D eigenvalue weighted by molar-refractivity contribution is -0.137. The van der Waals surface area contributed by atoms with Gasteiger partial charge in [-0.15, -0.1) is 0 Å². The van der Waals surface area contributed by atoms with Gasteiger partial charge in [-0.05, 0) is 48.0 Å². The van der Waals surface area contributed by atoms with E-state index in [1.807, 2.05) is 6.07 Å². The van der Waals surface area contributed by atoms with Crippen LogP contribution in [-0.4, -0.2) is 26.4 Å². The molecule has 0 fully saturated rings. The fourth-order valence-corrected chi connectivity index (χ4v) is 3.90. The monoisotopic (exact) mass is 480 g/mol. The second-order valence-corrected chi connectivity index (χ2v) is 7.65. The normalized spacial score (nSPS) is 12.8. The van der Waals surface area contributed by atoms with Gasteiger partial charge in [-0.3, -0.25) is 9.59 Å². The van der Waals surface area contributed by atoms with E-state index in [-0.39, 0.29) is 23.5 Å². The Bertz CT molecular complexity index is 1590. The molecule has 0 bridgehead atoms. The number of rotatable bonds is 3. The van der Waals surface area contributed by atoms with Crippen LogP contribution in [0.5, 0.6) is 0 Å². The summed E-state index contributed by atoms with van der Waals surface area (Å²) in [5.74, 6) is -2.65. The molecule has 0 unspecified atom stereocenters. The summed E-state index contributed by atoms with van der Waals surface area (Å²) < 4.78 is 54.4. The highest BCUT2D eigenvalue weighted by atomic mass is 19.4. The van der Waals surface area contributed by atoms with Crippen LogP contribution >= 0.6 is 0 Å². The SMILES string of the molecule is N#Cc1c(-c2cc(NC(=O)c3cc(F)cc(C(F)(F)F)c3)c3c(c2)C(=O)NC3)ccc2ncnn12. The zero-order valence-corrected chi connectivity index (χ0v) is 17.4. The minimum Gasteiger partial charge on any atom is -0.348 e. The van der Waals surface area contributed by atoms with Gasteiger partial charge in [-0.25, -0.2) is 13.9 Å². The van der Waals surface area contributed by atoms with Crippen molar-refractivity contribution in [1.82, 2.24) is 19.9 Å². The molecule has 2 N–H and O–H groups in total. The molecule has 1 aliphatic rings. The zero-order valence-electron chi connectivity index (χ0n) is 17.4. The van der Waals surface area contributed by atoms with Crippen LogP contribution in [0.15, 0.2) is 48.8 Å². The van der Waals surface area contributed by atoms with Crippen LogP contribution in [0.2, 0.25) is 0 Å². The van der Waals surface area contributed by atoms with E-state index >= 15 is 0 Å². The minimum atomic E-state index is -4.84. The summed E-state index contributed by atoms with van der Waals surface area (Å²) in [6.07, 6.45) is -3.57. The highest BCUT2D eigenvalue weighted by molar-refractivity contribution is 6.08. The van der Waals surface area contributed by atoms with Crippen molar-refractivity contribution in [2.45, 2.75) is 12.7 Å². The fourth-order valence-electron chi connectivity index (χ4n) is 3.90. The molecule has 2 aromatic carbocycles. The number of pyridine rings is 1. The molecule has 8 nitrogen and oxygen atoms in total. The molecule has 3 heterocycles. The van der Waals surface area contributed by atoms with Gasteiger partial charge in [0.05, 0.1) is 5.56 Å².